The van der Waals surface area contributed by atoms with Crippen molar-refractivity contribution < 1.29 is 19.1 Å². The van der Waals surface area contributed by atoms with Gasteiger partial charge in [0.05, 0.1) is 19.6 Å². The monoisotopic (exact) mass is 488 g/mol. The van der Waals surface area contributed by atoms with Crippen LogP contribution in [-0.2, 0) is 16.8 Å². The molecule has 9 nitrogen and oxygen atoms in total. The quantitative estimate of drug-likeness (QED) is 0.359. The molecule has 0 aliphatic heterocycles. The number of nitrogens with zero attached hydrogens (tertiary/aromatic N) is 3. The van der Waals surface area contributed by atoms with E-state index in [0.717, 1.165) is 11.1 Å². The Morgan fingerprint density at radius 1 is 0.972 bits per heavy atom. The zero-order valence-corrected chi connectivity index (χ0v) is 20.6. The highest BCUT2D eigenvalue weighted by Gasteiger charge is 2.31. The van der Waals surface area contributed by atoms with Crippen LogP contribution in [-0.4, -0.2) is 41.4 Å². The molecule has 1 aromatic heterocycles. The second-order valence-electron chi connectivity index (χ2n) is 8.81. The Bertz CT molecular complexity index is 1400. The largest absolute Gasteiger partial charge is 0.497 e. The molecular weight excluding hydrogens is 460 g/mol. The standard InChI is InChI=1S/C27H28N4O5/c1-27(2,19-15-20(34-3)17-21(16-19)35-4)28-24(14-18-10-6-5-7-11-18)26(33)36-31-25(32)22-12-8-9-13-23(22)29-30-31/h5-13,15-17,24,28H,14H2,1-4H3. The van der Waals surface area contributed by atoms with Gasteiger partial charge in [-0.1, -0.05) is 42.5 Å². The number of hydrogen-bond donors (Lipinski definition) is 1. The minimum Gasteiger partial charge on any atom is -0.497 e. The van der Waals surface area contributed by atoms with Crippen LogP contribution in [0.5, 0.6) is 11.5 Å². The van der Waals surface area contributed by atoms with Crippen molar-refractivity contribution in [3.05, 3.63) is 94.3 Å². The summed E-state index contributed by atoms with van der Waals surface area (Å²) in [7, 11) is 3.16. The Labute approximate surface area is 208 Å². The van der Waals surface area contributed by atoms with Crippen molar-refractivity contribution in [3.8, 4) is 11.5 Å². The van der Waals surface area contributed by atoms with E-state index in [1.54, 1.807) is 44.6 Å². The first-order chi connectivity index (χ1) is 17.3. The molecule has 0 saturated carbocycles. The first-order valence-electron chi connectivity index (χ1n) is 11.4. The molecule has 1 atom stereocenters. The highest BCUT2D eigenvalue weighted by Crippen LogP contribution is 2.30. The second-order valence-corrected chi connectivity index (χ2v) is 8.81. The Hall–Kier alpha value is -4.24. The summed E-state index contributed by atoms with van der Waals surface area (Å²) in [4.78, 5) is 32.3. The van der Waals surface area contributed by atoms with Gasteiger partial charge in [0.2, 0.25) is 0 Å². The third-order valence-electron chi connectivity index (χ3n) is 5.89. The summed E-state index contributed by atoms with van der Waals surface area (Å²) in [6, 6.07) is 21.0. The molecule has 186 valence electrons. The second kappa shape index (κ2) is 10.6. The third kappa shape index (κ3) is 5.52. The number of nitrogens with one attached hydrogen (secondary N) is 1. The van der Waals surface area contributed by atoms with E-state index in [1.165, 1.54) is 0 Å². The van der Waals surface area contributed by atoms with Gasteiger partial charge in [0, 0.05) is 11.6 Å². The average Bonchev–Trinajstić information content (AvgIpc) is 2.90. The lowest BCUT2D eigenvalue weighted by molar-refractivity contribution is -0.149. The minimum absolute atomic E-state index is 0.302. The molecule has 0 aliphatic rings. The molecule has 0 aliphatic carbocycles. The normalized spacial score (nSPS) is 12.2. The average molecular weight is 489 g/mol. The van der Waals surface area contributed by atoms with E-state index in [-0.39, 0.29) is 0 Å². The van der Waals surface area contributed by atoms with E-state index < -0.39 is 23.1 Å². The predicted molar refractivity (Wildman–Crippen MR) is 135 cm³/mol. The molecule has 3 aromatic carbocycles. The summed E-state index contributed by atoms with van der Waals surface area (Å²) < 4.78 is 10.8. The molecule has 0 bridgehead atoms. The molecule has 1 N–H and O–H groups in total. The summed E-state index contributed by atoms with van der Waals surface area (Å²) >= 11 is 0. The number of fused-ring (bicyclic) bond motifs is 1. The first kappa shape index (κ1) is 24.9. The molecular formula is C27H28N4O5. The number of benzene rings is 3. The molecule has 1 unspecified atom stereocenters. The van der Waals surface area contributed by atoms with Crippen LogP contribution in [0.2, 0.25) is 0 Å². The van der Waals surface area contributed by atoms with E-state index in [0.29, 0.717) is 33.7 Å². The molecule has 36 heavy (non-hydrogen) atoms. The fourth-order valence-electron chi connectivity index (χ4n) is 3.91. The highest BCUT2D eigenvalue weighted by molar-refractivity contribution is 5.78. The SMILES string of the molecule is COc1cc(OC)cc(C(C)(C)NC(Cc2ccccc2)C(=O)On2nnc3ccccc3c2=O)c1. The van der Waals surface area contributed by atoms with E-state index in [9.17, 15) is 9.59 Å². The van der Waals surface area contributed by atoms with Crippen LogP contribution in [0.3, 0.4) is 0 Å². The number of aromatic nitrogens is 3. The van der Waals surface area contributed by atoms with Crippen LogP contribution in [0.1, 0.15) is 25.0 Å². The van der Waals surface area contributed by atoms with Crippen LogP contribution < -0.4 is 25.2 Å². The number of carbonyl (C=O) groups is 1. The molecule has 0 saturated heterocycles. The number of hydrogen-bond acceptors (Lipinski definition) is 8. The van der Waals surface area contributed by atoms with Crippen molar-refractivity contribution in [1.29, 1.82) is 0 Å². The summed E-state index contributed by atoms with van der Waals surface area (Å²) in [6.07, 6.45) is 0.319. The smallest absolute Gasteiger partial charge is 0.352 e. The Balaban J connectivity index is 1.65. The predicted octanol–water partition coefficient (Wildman–Crippen LogP) is 2.90. The van der Waals surface area contributed by atoms with Gasteiger partial charge in [0.1, 0.15) is 23.1 Å². The van der Waals surface area contributed by atoms with Crippen molar-refractivity contribution in [3.63, 3.8) is 0 Å². The Kier molecular flexibility index (Phi) is 7.30. The van der Waals surface area contributed by atoms with Gasteiger partial charge in [0.25, 0.3) is 0 Å². The molecule has 9 heteroatoms. The summed E-state index contributed by atoms with van der Waals surface area (Å²) in [5.41, 5.74) is 0.904. The van der Waals surface area contributed by atoms with E-state index >= 15 is 0 Å². The van der Waals surface area contributed by atoms with Crippen LogP contribution in [0.4, 0.5) is 0 Å². The molecule has 4 aromatic rings. The van der Waals surface area contributed by atoms with Crippen molar-refractivity contribution in [2.45, 2.75) is 31.8 Å². The lowest BCUT2D eigenvalue weighted by Crippen LogP contribution is -2.52. The Morgan fingerprint density at radius 2 is 1.61 bits per heavy atom. The summed E-state index contributed by atoms with van der Waals surface area (Å²) in [6.45, 7) is 3.88. The van der Waals surface area contributed by atoms with Gasteiger partial charge >= 0.3 is 11.5 Å². The van der Waals surface area contributed by atoms with Gasteiger partial charge in [-0.05, 0) is 65.7 Å². The maximum Gasteiger partial charge on any atom is 0.352 e. The van der Waals surface area contributed by atoms with Gasteiger partial charge in [-0.3, -0.25) is 10.1 Å². The van der Waals surface area contributed by atoms with Crippen molar-refractivity contribution >= 4 is 16.9 Å². The van der Waals surface area contributed by atoms with Crippen LogP contribution in [0, 0.1) is 0 Å². The van der Waals surface area contributed by atoms with E-state index in [4.69, 9.17) is 14.3 Å². The Morgan fingerprint density at radius 3 is 2.28 bits per heavy atom. The number of rotatable bonds is 9. The van der Waals surface area contributed by atoms with Gasteiger partial charge in [-0.25, -0.2) is 4.79 Å². The van der Waals surface area contributed by atoms with Gasteiger partial charge in [-0.15, -0.1) is 5.10 Å². The van der Waals surface area contributed by atoms with Crippen molar-refractivity contribution in [1.82, 2.24) is 20.5 Å². The molecule has 0 radical (unpaired) electrons. The lowest BCUT2D eigenvalue weighted by atomic mass is 9.91. The summed E-state index contributed by atoms with van der Waals surface area (Å²) in [5, 5.41) is 11.5. The maximum absolute atomic E-state index is 13.4. The first-order valence-corrected chi connectivity index (χ1v) is 11.4. The highest BCUT2D eigenvalue weighted by atomic mass is 16.7. The molecule has 0 amide bonds. The van der Waals surface area contributed by atoms with E-state index in [1.807, 2.05) is 56.3 Å². The van der Waals surface area contributed by atoms with Gasteiger partial charge < -0.3 is 14.3 Å². The van der Waals surface area contributed by atoms with Gasteiger partial charge in [0.15, 0.2) is 0 Å². The van der Waals surface area contributed by atoms with Crippen molar-refractivity contribution in [2.75, 3.05) is 14.2 Å². The van der Waals surface area contributed by atoms with Crippen LogP contribution in [0.25, 0.3) is 10.9 Å². The number of ether oxygens (including phenoxy) is 2. The third-order valence-corrected chi connectivity index (χ3v) is 5.89. The van der Waals surface area contributed by atoms with Gasteiger partial charge in [-0.2, -0.15) is 0 Å². The minimum atomic E-state index is -0.820. The van der Waals surface area contributed by atoms with Crippen molar-refractivity contribution in [2.24, 2.45) is 0 Å². The summed E-state index contributed by atoms with van der Waals surface area (Å²) in [5.74, 6) is 0.576. The zero-order chi connectivity index (χ0) is 25.7. The molecule has 1 heterocycles. The number of methoxy groups -OCH3 is 2. The lowest BCUT2D eigenvalue weighted by Gasteiger charge is -2.32. The molecule has 0 fully saturated rings. The molecule has 4 rings (SSSR count). The van der Waals surface area contributed by atoms with Crippen LogP contribution in [0.15, 0.2) is 77.6 Å². The fourth-order valence-corrected chi connectivity index (χ4v) is 3.91. The molecule has 0 spiro atoms. The zero-order valence-electron chi connectivity index (χ0n) is 20.6. The maximum atomic E-state index is 13.4. The van der Waals surface area contributed by atoms with Crippen LogP contribution >= 0.6 is 0 Å². The number of carbonyl (C=O) groups excluding carboxylic acids is 1. The fraction of sp³-hybridized carbons (Fsp3) is 0.259. The van der Waals surface area contributed by atoms with E-state index in [2.05, 4.69) is 15.6 Å². The topological polar surface area (TPSA) is 105 Å².